The number of rotatable bonds is 7. The van der Waals surface area contributed by atoms with Crippen LogP contribution in [0.3, 0.4) is 0 Å². The SMILES string of the molecule is O=C(O)C(F)(F)F.O=C([C@@H]1CCN(CCc2ccc(Cl)cc2)C[C@H]1c1ccc(F)cc1)N1CC(c2ccccc2)(c2ccccc2)C1. The quantitative estimate of drug-likeness (QED) is 0.207. The predicted octanol–water partition coefficient (Wildman–Crippen LogP) is 7.59. The zero-order chi connectivity index (χ0) is 33.6. The summed E-state index contributed by atoms with van der Waals surface area (Å²) in [6, 6.07) is 35.9. The van der Waals surface area contributed by atoms with Gasteiger partial charge in [0.15, 0.2) is 0 Å². The Labute approximate surface area is 276 Å². The molecular weight excluding hydrogens is 632 g/mol. The molecule has 2 saturated heterocycles. The molecule has 0 aliphatic carbocycles. The number of carboxylic acid groups (broad SMARTS) is 1. The van der Waals surface area contributed by atoms with E-state index >= 15 is 0 Å². The van der Waals surface area contributed by atoms with Gasteiger partial charge in [-0.1, -0.05) is 96.5 Å². The molecule has 2 aliphatic heterocycles. The summed E-state index contributed by atoms with van der Waals surface area (Å²) in [5.41, 5.74) is 4.59. The van der Waals surface area contributed by atoms with Gasteiger partial charge in [0, 0.05) is 43.0 Å². The van der Waals surface area contributed by atoms with Gasteiger partial charge in [-0.05, 0) is 65.9 Å². The molecule has 0 aromatic heterocycles. The Morgan fingerprint density at radius 3 is 1.87 bits per heavy atom. The average molecular weight is 667 g/mol. The lowest BCUT2D eigenvalue weighted by Crippen LogP contribution is -2.63. The van der Waals surface area contributed by atoms with Crippen LogP contribution >= 0.6 is 11.6 Å². The first kappa shape index (κ1) is 34.1. The van der Waals surface area contributed by atoms with Crippen LogP contribution < -0.4 is 0 Å². The van der Waals surface area contributed by atoms with Crippen LogP contribution in [-0.2, 0) is 21.4 Å². The molecule has 5 nitrogen and oxygen atoms in total. The molecule has 47 heavy (non-hydrogen) atoms. The van der Waals surface area contributed by atoms with Gasteiger partial charge in [-0.15, -0.1) is 0 Å². The third kappa shape index (κ3) is 8.21. The summed E-state index contributed by atoms with van der Waals surface area (Å²) in [6.45, 7) is 3.92. The van der Waals surface area contributed by atoms with Crippen LogP contribution in [0, 0.1) is 11.7 Å². The summed E-state index contributed by atoms with van der Waals surface area (Å²) in [4.78, 5) is 27.5. The number of alkyl halides is 3. The summed E-state index contributed by atoms with van der Waals surface area (Å²) in [6.07, 6.45) is -3.36. The van der Waals surface area contributed by atoms with E-state index in [2.05, 4.69) is 65.6 Å². The van der Waals surface area contributed by atoms with Crippen molar-refractivity contribution in [3.63, 3.8) is 0 Å². The minimum absolute atomic E-state index is 0.0236. The van der Waals surface area contributed by atoms with Gasteiger partial charge in [0.2, 0.25) is 5.91 Å². The minimum Gasteiger partial charge on any atom is -0.475 e. The predicted molar refractivity (Wildman–Crippen MR) is 173 cm³/mol. The molecule has 2 atom stereocenters. The summed E-state index contributed by atoms with van der Waals surface area (Å²) in [7, 11) is 0. The van der Waals surface area contributed by atoms with Crippen LogP contribution in [0.2, 0.25) is 5.02 Å². The van der Waals surface area contributed by atoms with E-state index in [1.807, 2.05) is 41.3 Å². The number of hydrogen-bond donors (Lipinski definition) is 1. The van der Waals surface area contributed by atoms with Crippen molar-refractivity contribution in [3.05, 3.63) is 142 Å². The minimum atomic E-state index is -5.08. The first-order chi connectivity index (χ1) is 22.5. The molecule has 4 aromatic rings. The Hall–Kier alpha value is -4.21. The zero-order valence-corrected chi connectivity index (χ0v) is 26.3. The summed E-state index contributed by atoms with van der Waals surface area (Å²) >= 11 is 6.06. The number of benzene rings is 4. The second kappa shape index (κ2) is 14.7. The van der Waals surface area contributed by atoms with Crippen LogP contribution in [0.15, 0.2) is 109 Å². The van der Waals surface area contributed by atoms with E-state index in [9.17, 15) is 22.4 Å². The maximum absolute atomic E-state index is 14.1. The molecule has 1 N–H and O–H groups in total. The number of likely N-dealkylation sites (tertiary alicyclic amines) is 2. The molecule has 0 saturated carbocycles. The van der Waals surface area contributed by atoms with Gasteiger partial charge in [0.1, 0.15) is 5.82 Å². The van der Waals surface area contributed by atoms with Crippen LogP contribution in [0.5, 0.6) is 0 Å². The van der Waals surface area contributed by atoms with Crippen molar-refractivity contribution in [2.45, 2.75) is 30.4 Å². The van der Waals surface area contributed by atoms with Gasteiger partial charge in [0.05, 0.1) is 5.41 Å². The molecule has 1 amide bonds. The number of carbonyl (C=O) groups is 2. The highest BCUT2D eigenvalue weighted by molar-refractivity contribution is 6.30. The molecular formula is C37H35ClF4N2O3. The lowest BCUT2D eigenvalue weighted by atomic mass is 9.67. The lowest BCUT2D eigenvalue weighted by molar-refractivity contribution is -0.192. The molecule has 0 bridgehead atoms. The second-order valence-electron chi connectivity index (χ2n) is 12.0. The molecule has 2 aliphatic rings. The van der Waals surface area contributed by atoms with E-state index in [1.165, 1.54) is 28.8 Å². The third-order valence-corrected chi connectivity index (χ3v) is 9.32. The van der Waals surface area contributed by atoms with E-state index in [1.54, 1.807) is 0 Å². The number of piperidine rings is 1. The third-order valence-electron chi connectivity index (χ3n) is 9.07. The summed E-state index contributed by atoms with van der Waals surface area (Å²) in [5.74, 6) is -2.89. The maximum Gasteiger partial charge on any atom is 0.490 e. The van der Waals surface area contributed by atoms with Crippen LogP contribution in [0.1, 0.15) is 34.6 Å². The highest BCUT2D eigenvalue weighted by atomic mass is 35.5. The molecule has 2 fully saturated rings. The van der Waals surface area contributed by atoms with Crippen LogP contribution in [0.25, 0.3) is 0 Å². The number of amides is 1. The van der Waals surface area contributed by atoms with Gasteiger partial charge in [-0.25, -0.2) is 9.18 Å². The number of aliphatic carboxylic acids is 1. The molecule has 2 heterocycles. The highest BCUT2D eigenvalue weighted by Crippen LogP contribution is 2.43. The molecule has 6 rings (SSSR count). The highest BCUT2D eigenvalue weighted by Gasteiger charge is 2.50. The average Bonchev–Trinajstić information content (AvgIpc) is 3.05. The first-order valence-electron chi connectivity index (χ1n) is 15.4. The fourth-order valence-electron chi connectivity index (χ4n) is 6.55. The zero-order valence-electron chi connectivity index (χ0n) is 25.5. The number of carboxylic acids is 1. The lowest BCUT2D eigenvalue weighted by Gasteiger charge is -2.53. The van der Waals surface area contributed by atoms with Crippen molar-refractivity contribution in [3.8, 4) is 0 Å². The maximum atomic E-state index is 14.1. The standard InChI is InChI=1S/C35H34ClFN2O.C2HF3O2/c36-30-15-11-26(12-16-30)19-21-38-22-20-32(33(23-38)27-13-17-31(37)18-14-27)34(40)39-24-35(25-39,28-7-3-1-4-8-28)29-9-5-2-6-10-29;3-2(4,5)1(6)7/h1-18,32-33H,19-25H2;(H,6,7)/t32-,33+;/m1./s1. The van der Waals surface area contributed by atoms with Crippen molar-refractivity contribution in [2.24, 2.45) is 5.92 Å². The number of hydrogen-bond acceptors (Lipinski definition) is 3. The van der Waals surface area contributed by atoms with Crippen molar-refractivity contribution in [1.82, 2.24) is 9.80 Å². The molecule has 246 valence electrons. The first-order valence-corrected chi connectivity index (χ1v) is 15.8. The Morgan fingerprint density at radius 1 is 0.830 bits per heavy atom. The molecule has 4 aromatic carbocycles. The Kier molecular flexibility index (Phi) is 10.7. The number of nitrogens with zero attached hydrogens (tertiary/aromatic N) is 2. The smallest absolute Gasteiger partial charge is 0.475 e. The second-order valence-corrected chi connectivity index (χ2v) is 12.5. The van der Waals surface area contributed by atoms with Crippen molar-refractivity contribution >= 4 is 23.5 Å². The van der Waals surface area contributed by atoms with Gasteiger partial charge >= 0.3 is 12.1 Å². The van der Waals surface area contributed by atoms with Crippen molar-refractivity contribution < 1.29 is 32.3 Å². The fraction of sp³-hybridized carbons (Fsp3) is 0.297. The Morgan fingerprint density at radius 2 is 1.36 bits per heavy atom. The summed E-state index contributed by atoms with van der Waals surface area (Å²) in [5, 5.41) is 7.87. The topological polar surface area (TPSA) is 60.9 Å². The van der Waals surface area contributed by atoms with E-state index in [-0.39, 0.29) is 29.0 Å². The van der Waals surface area contributed by atoms with Crippen LogP contribution in [-0.4, -0.2) is 65.7 Å². The van der Waals surface area contributed by atoms with E-state index in [4.69, 9.17) is 21.5 Å². The summed E-state index contributed by atoms with van der Waals surface area (Å²) < 4.78 is 45.6. The van der Waals surface area contributed by atoms with E-state index in [0.29, 0.717) is 13.1 Å². The largest absolute Gasteiger partial charge is 0.490 e. The Bertz CT molecular complexity index is 1590. The molecule has 10 heteroatoms. The van der Waals surface area contributed by atoms with E-state index in [0.717, 1.165) is 43.1 Å². The molecule has 0 radical (unpaired) electrons. The van der Waals surface area contributed by atoms with E-state index < -0.39 is 12.1 Å². The molecule has 0 spiro atoms. The van der Waals surface area contributed by atoms with Crippen molar-refractivity contribution in [2.75, 3.05) is 32.7 Å². The fourth-order valence-corrected chi connectivity index (χ4v) is 6.67. The van der Waals surface area contributed by atoms with Gasteiger partial charge in [-0.3, -0.25) is 4.79 Å². The Balaban J connectivity index is 0.000000559. The monoisotopic (exact) mass is 666 g/mol. The van der Waals surface area contributed by atoms with Gasteiger partial charge in [-0.2, -0.15) is 13.2 Å². The van der Waals surface area contributed by atoms with Crippen LogP contribution in [0.4, 0.5) is 17.6 Å². The van der Waals surface area contributed by atoms with Gasteiger partial charge < -0.3 is 14.9 Å². The number of halogens is 5. The molecule has 0 unspecified atom stereocenters. The number of carbonyl (C=O) groups excluding carboxylic acids is 1. The normalized spacial score (nSPS) is 19.2. The van der Waals surface area contributed by atoms with Gasteiger partial charge in [0.25, 0.3) is 0 Å². The van der Waals surface area contributed by atoms with Crippen molar-refractivity contribution in [1.29, 1.82) is 0 Å².